The predicted octanol–water partition coefficient (Wildman–Crippen LogP) is 2.26. The zero-order valence-corrected chi connectivity index (χ0v) is 14.5. The summed E-state index contributed by atoms with van der Waals surface area (Å²) in [6.45, 7) is 0.232. The van der Waals surface area contributed by atoms with E-state index < -0.39 is 6.09 Å². The monoisotopic (exact) mass is 374 g/mol. The first-order valence-electron chi connectivity index (χ1n) is 7.36. The summed E-state index contributed by atoms with van der Waals surface area (Å²) in [5.41, 5.74) is 1.34. The number of para-hydroxylation sites is 1. The van der Waals surface area contributed by atoms with Crippen LogP contribution in [-0.2, 0) is 0 Å². The van der Waals surface area contributed by atoms with Crippen LogP contribution in [0.25, 0.3) is 5.69 Å². The highest BCUT2D eigenvalue weighted by Gasteiger charge is 2.11. The number of benzene rings is 2. The quantitative estimate of drug-likeness (QED) is 0.615. The van der Waals surface area contributed by atoms with Crippen LogP contribution in [0.1, 0.15) is 0 Å². The minimum absolute atomic E-state index is 0.232. The highest BCUT2D eigenvalue weighted by Crippen LogP contribution is 2.21. The number of thioether (sulfide) groups is 1. The Kier molecular flexibility index (Phi) is 5.52. The molecule has 0 unspecified atom stereocenters. The Balaban J connectivity index is 1.67. The largest absolute Gasteiger partial charge is 0.530 e. The van der Waals surface area contributed by atoms with Crippen molar-refractivity contribution < 1.29 is 9.90 Å². The van der Waals surface area contributed by atoms with Gasteiger partial charge < -0.3 is 14.8 Å². The van der Waals surface area contributed by atoms with Crippen molar-refractivity contribution in [1.29, 1.82) is 0 Å². The van der Waals surface area contributed by atoms with E-state index >= 15 is 0 Å². The fourth-order valence-corrected chi connectivity index (χ4v) is 3.12. The van der Waals surface area contributed by atoms with E-state index in [0.717, 1.165) is 10.6 Å². The third-order valence-corrected chi connectivity index (χ3v) is 4.50. The van der Waals surface area contributed by atoms with Gasteiger partial charge in [-0.05, 0) is 46.8 Å². The lowest BCUT2D eigenvalue weighted by Crippen LogP contribution is -2.42. The molecule has 0 radical (unpaired) electrons. The summed E-state index contributed by atoms with van der Waals surface area (Å²) in [5, 5.41) is 24.2. The molecule has 9 heteroatoms. The van der Waals surface area contributed by atoms with Crippen molar-refractivity contribution in [2.75, 3.05) is 17.2 Å². The van der Waals surface area contributed by atoms with Crippen molar-refractivity contribution in [2.24, 2.45) is 0 Å². The van der Waals surface area contributed by atoms with E-state index in [1.807, 2.05) is 30.3 Å². The standard InChI is InChI=1S/C16H14ClN5O2S/c17-12-6-8-13(9-7-12)21(16(23)24)10-11-25-15-18-19-20-22(15)14-4-2-1-3-5-14/h1-9H,10-11H2,(H,23,24)/p-1. The molecular formula is C16H13ClN5O2S-. The van der Waals surface area contributed by atoms with E-state index in [2.05, 4.69) is 15.5 Å². The van der Waals surface area contributed by atoms with Crippen LogP contribution in [0.5, 0.6) is 0 Å². The second-order valence-electron chi connectivity index (χ2n) is 4.95. The Labute approximate surface area is 153 Å². The predicted molar refractivity (Wildman–Crippen MR) is 94.1 cm³/mol. The first-order valence-corrected chi connectivity index (χ1v) is 8.72. The molecule has 0 aliphatic heterocycles. The Hall–Kier alpha value is -2.58. The number of amides is 1. The first kappa shape index (κ1) is 17.2. The van der Waals surface area contributed by atoms with Crippen LogP contribution in [0.2, 0.25) is 5.02 Å². The molecule has 1 amide bonds. The third-order valence-electron chi connectivity index (χ3n) is 3.35. The van der Waals surface area contributed by atoms with Gasteiger partial charge in [0.2, 0.25) is 5.16 Å². The van der Waals surface area contributed by atoms with E-state index in [-0.39, 0.29) is 6.54 Å². The van der Waals surface area contributed by atoms with Crippen LogP contribution in [-0.4, -0.2) is 38.6 Å². The number of aromatic nitrogens is 4. The molecule has 2 aromatic carbocycles. The molecule has 25 heavy (non-hydrogen) atoms. The second kappa shape index (κ2) is 8.00. The Bertz CT molecular complexity index is 841. The highest BCUT2D eigenvalue weighted by atomic mass is 35.5. The molecule has 3 rings (SSSR count). The van der Waals surface area contributed by atoms with Gasteiger partial charge in [0.1, 0.15) is 6.09 Å². The van der Waals surface area contributed by atoms with Gasteiger partial charge in [-0.15, -0.1) is 5.10 Å². The van der Waals surface area contributed by atoms with Gasteiger partial charge >= 0.3 is 0 Å². The molecule has 128 valence electrons. The van der Waals surface area contributed by atoms with Gasteiger partial charge in [-0.25, -0.2) is 0 Å². The zero-order chi connectivity index (χ0) is 17.6. The summed E-state index contributed by atoms with van der Waals surface area (Å²) in [6.07, 6.45) is -1.27. The van der Waals surface area contributed by atoms with Crippen LogP contribution >= 0.6 is 23.4 Å². The van der Waals surface area contributed by atoms with Crippen molar-refractivity contribution in [1.82, 2.24) is 20.2 Å². The van der Waals surface area contributed by atoms with Crippen LogP contribution in [0.3, 0.4) is 0 Å². The zero-order valence-electron chi connectivity index (χ0n) is 12.9. The molecule has 0 aliphatic carbocycles. The van der Waals surface area contributed by atoms with E-state index in [1.54, 1.807) is 28.9 Å². The number of carbonyl (C=O) groups excluding carboxylic acids is 1. The smallest absolute Gasteiger partial charge is 0.214 e. The lowest BCUT2D eigenvalue weighted by molar-refractivity contribution is -0.246. The summed E-state index contributed by atoms with van der Waals surface area (Å²) < 4.78 is 1.61. The average molecular weight is 375 g/mol. The van der Waals surface area contributed by atoms with Crippen molar-refractivity contribution in [3.63, 3.8) is 0 Å². The van der Waals surface area contributed by atoms with E-state index in [1.165, 1.54) is 11.8 Å². The number of halogens is 1. The fraction of sp³-hybridized carbons (Fsp3) is 0.125. The van der Waals surface area contributed by atoms with Gasteiger partial charge in [0.25, 0.3) is 0 Å². The van der Waals surface area contributed by atoms with Gasteiger partial charge in [-0.3, -0.25) is 0 Å². The molecule has 1 aromatic heterocycles. The normalized spacial score (nSPS) is 10.6. The van der Waals surface area contributed by atoms with Crippen LogP contribution in [0, 0.1) is 0 Å². The molecule has 0 atom stereocenters. The summed E-state index contributed by atoms with van der Waals surface area (Å²) in [6, 6.07) is 16.0. The summed E-state index contributed by atoms with van der Waals surface area (Å²) >= 11 is 7.19. The summed E-state index contributed by atoms with van der Waals surface area (Å²) in [7, 11) is 0. The number of hydrogen-bond acceptors (Lipinski definition) is 6. The Morgan fingerprint density at radius 2 is 1.88 bits per heavy atom. The molecular weight excluding hydrogens is 362 g/mol. The lowest BCUT2D eigenvalue weighted by atomic mass is 10.3. The van der Waals surface area contributed by atoms with Crippen LogP contribution in [0.4, 0.5) is 10.5 Å². The third kappa shape index (κ3) is 4.28. The number of carboxylic acid groups (broad SMARTS) is 1. The number of rotatable bonds is 6. The Morgan fingerprint density at radius 1 is 1.16 bits per heavy atom. The van der Waals surface area contributed by atoms with E-state index in [0.29, 0.717) is 21.6 Å². The molecule has 0 aliphatic rings. The molecule has 0 saturated carbocycles. The minimum atomic E-state index is -1.27. The van der Waals surface area contributed by atoms with Gasteiger partial charge in [-0.1, -0.05) is 41.6 Å². The Morgan fingerprint density at radius 3 is 2.56 bits per heavy atom. The highest BCUT2D eigenvalue weighted by molar-refractivity contribution is 7.99. The average Bonchev–Trinajstić information content (AvgIpc) is 3.09. The molecule has 0 saturated heterocycles. The van der Waals surface area contributed by atoms with E-state index in [4.69, 9.17) is 11.6 Å². The first-order chi connectivity index (χ1) is 12.1. The van der Waals surface area contributed by atoms with Gasteiger partial charge in [-0.2, -0.15) is 4.68 Å². The van der Waals surface area contributed by atoms with Gasteiger partial charge in [0.05, 0.1) is 5.69 Å². The van der Waals surface area contributed by atoms with Crippen molar-refractivity contribution >= 4 is 35.1 Å². The van der Waals surface area contributed by atoms with Gasteiger partial charge in [0, 0.05) is 23.0 Å². The molecule has 7 nitrogen and oxygen atoms in total. The van der Waals surface area contributed by atoms with Crippen molar-refractivity contribution in [3.05, 3.63) is 59.6 Å². The molecule has 1 heterocycles. The van der Waals surface area contributed by atoms with Crippen molar-refractivity contribution in [2.45, 2.75) is 5.16 Å². The fourth-order valence-electron chi connectivity index (χ4n) is 2.18. The molecule has 3 aromatic rings. The lowest BCUT2D eigenvalue weighted by Gasteiger charge is -2.24. The van der Waals surface area contributed by atoms with Crippen LogP contribution in [0.15, 0.2) is 59.8 Å². The maximum Gasteiger partial charge on any atom is 0.214 e. The SMILES string of the molecule is O=C([O-])N(CCSc1nnnn1-c1ccccc1)c1ccc(Cl)cc1. The number of nitrogens with zero attached hydrogens (tertiary/aromatic N) is 5. The summed E-state index contributed by atoms with van der Waals surface area (Å²) in [4.78, 5) is 12.5. The number of tetrazole rings is 1. The second-order valence-corrected chi connectivity index (χ2v) is 6.45. The topological polar surface area (TPSA) is 87.0 Å². The van der Waals surface area contributed by atoms with E-state index in [9.17, 15) is 9.90 Å². The van der Waals surface area contributed by atoms with Gasteiger partial charge in [0.15, 0.2) is 0 Å². The molecule has 0 spiro atoms. The number of anilines is 1. The van der Waals surface area contributed by atoms with Crippen molar-refractivity contribution in [3.8, 4) is 5.69 Å². The molecule has 0 fully saturated rings. The maximum atomic E-state index is 11.4. The molecule has 0 N–H and O–H groups in total. The number of hydrogen-bond donors (Lipinski definition) is 0. The number of carbonyl (C=O) groups is 1. The van der Waals surface area contributed by atoms with Crippen LogP contribution < -0.4 is 10.0 Å². The summed E-state index contributed by atoms with van der Waals surface area (Å²) in [5.74, 6) is 0.462. The molecule has 0 bridgehead atoms. The maximum absolute atomic E-state index is 11.4. The minimum Gasteiger partial charge on any atom is -0.530 e.